The van der Waals surface area contributed by atoms with Crippen molar-refractivity contribution in [2.75, 3.05) is 59.7 Å². The molecule has 9 nitrogen and oxygen atoms in total. The number of nitrogens with zero attached hydrogens (tertiary/aromatic N) is 4. The third-order valence-corrected chi connectivity index (χ3v) is 9.74. The number of quaternary nitrogens is 1. The number of carbonyl (C=O) groups excluding carboxylic acids is 1. The summed E-state index contributed by atoms with van der Waals surface area (Å²) in [6.45, 7) is 10.3. The van der Waals surface area contributed by atoms with Gasteiger partial charge in [0.25, 0.3) is 0 Å². The lowest BCUT2D eigenvalue weighted by atomic mass is 9.94. The topological polar surface area (TPSA) is 81.2 Å². The zero-order valence-corrected chi connectivity index (χ0v) is 25.4. The van der Waals surface area contributed by atoms with E-state index in [0.29, 0.717) is 31.0 Å². The number of piperidine rings is 1. The third-order valence-electron chi connectivity index (χ3n) is 9.74. The standard InChI is InChI=1S/C32H48N7O2/c1-22-17-31(40)38(4)29-20-34-32(33-19-25(29)21-39(22,5)27-9-7-8-10-27)36-28-12-11-24(18-30(28)41-6)23(2)35-26-13-15-37(3)16-14-26/h7,9,11-12,18,20,22,25-27,35H,2,8,10,13-17,19,21H2,1,3-6H3,(H2,33,34,36)/q+1. The van der Waals surface area contributed by atoms with E-state index in [2.05, 4.69) is 66.7 Å². The number of fused-ring (bicyclic) bond motifs is 1. The van der Waals surface area contributed by atoms with E-state index < -0.39 is 0 Å². The second-order valence-electron chi connectivity index (χ2n) is 12.4. The predicted molar refractivity (Wildman–Crippen MR) is 166 cm³/mol. The first kappa shape index (κ1) is 29.2. The fourth-order valence-electron chi connectivity index (χ4n) is 6.76. The van der Waals surface area contributed by atoms with Crippen LogP contribution < -0.4 is 20.7 Å². The molecule has 3 aliphatic heterocycles. The number of likely N-dealkylation sites (tertiary alicyclic amines) is 1. The largest absolute Gasteiger partial charge is 0.495 e. The van der Waals surface area contributed by atoms with E-state index >= 15 is 0 Å². The van der Waals surface area contributed by atoms with E-state index in [1.807, 2.05) is 30.3 Å². The molecule has 0 radical (unpaired) electrons. The van der Waals surface area contributed by atoms with Crippen LogP contribution in [-0.4, -0.2) is 98.7 Å². The molecule has 2 fully saturated rings. The average Bonchev–Trinajstić information content (AvgIpc) is 3.45. The Balaban J connectivity index is 1.32. The zero-order valence-electron chi connectivity index (χ0n) is 25.4. The number of methoxy groups -OCH3 is 1. The number of anilines is 1. The summed E-state index contributed by atoms with van der Waals surface area (Å²) in [6, 6.07) is 7.21. The number of carbonyl (C=O) groups is 1. The van der Waals surface area contributed by atoms with Crippen LogP contribution >= 0.6 is 0 Å². The Morgan fingerprint density at radius 1 is 1.22 bits per heavy atom. The molecule has 5 rings (SSSR count). The lowest BCUT2D eigenvalue weighted by Crippen LogP contribution is -2.61. The molecule has 41 heavy (non-hydrogen) atoms. The Bertz CT molecular complexity index is 1230. The van der Waals surface area contributed by atoms with Crippen molar-refractivity contribution < 1.29 is 14.0 Å². The number of hydrogen-bond acceptors (Lipinski definition) is 7. The summed E-state index contributed by atoms with van der Waals surface area (Å²) >= 11 is 0. The van der Waals surface area contributed by atoms with Crippen molar-refractivity contribution in [3.05, 3.63) is 54.4 Å². The molecular weight excluding hydrogens is 514 g/mol. The third kappa shape index (κ3) is 6.31. The van der Waals surface area contributed by atoms with Gasteiger partial charge in [0.1, 0.15) is 11.8 Å². The number of benzene rings is 1. The van der Waals surface area contributed by atoms with Gasteiger partial charge in [-0.15, -0.1) is 0 Å². The fourth-order valence-corrected chi connectivity index (χ4v) is 6.76. The minimum Gasteiger partial charge on any atom is -0.495 e. The molecule has 1 aromatic rings. The summed E-state index contributed by atoms with van der Waals surface area (Å²) in [5, 5.41) is 10.4. The number of amides is 1. The molecule has 1 aromatic carbocycles. The van der Waals surface area contributed by atoms with Gasteiger partial charge in [0.2, 0.25) is 5.91 Å². The molecule has 2 saturated heterocycles. The van der Waals surface area contributed by atoms with E-state index in [-0.39, 0.29) is 17.9 Å². The van der Waals surface area contributed by atoms with Crippen LogP contribution in [0.25, 0.3) is 5.70 Å². The molecule has 4 atom stereocenters. The van der Waals surface area contributed by atoms with Crippen LogP contribution in [0.15, 0.2) is 53.8 Å². The fraction of sp³-hybridized carbons (Fsp3) is 0.562. The van der Waals surface area contributed by atoms with Gasteiger partial charge in [-0.1, -0.05) is 18.7 Å². The molecule has 0 aromatic heterocycles. The van der Waals surface area contributed by atoms with E-state index in [1.165, 1.54) is 0 Å². The first-order valence-corrected chi connectivity index (χ1v) is 15.1. The number of hydrogen-bond donors (Lipinski definition) is 3. The normalized spacial score (nSPS) is 29.3. The molecular formula is C32H48N7O2+. The Kier molecular flexibility index (Phi) is 8.75. The number of rotatable bonds is 6. The minimum atomic E-state index is 0.121. The molecule has 3 N–H and O–H groups in total. The molecule has 0 spiro atoms. The van der Waals surface area contributed by atoms with Gasteiger partial charge in [-0.3, -0.25) is 9.79 Å². The number of allylic oxidation sites excluding steroid dienone is 1. The van der Waals surface area contributed by atoms with Crippen molar-refractivity contribution in [3.8, 4) is 5.75 Å². The Labute approximate surface area is 245 Å². The minimum absolute atomic E-state index is 0.121. The summed E-state index contributed by atoms with van der Waals surface area (Å²) in [7, 11) is 8.07. The Morgan fingerprint density at radius 3 is 2.71 bits per heavy atom. The highest BCUT2D eigenvalue weighted by molar-refractivity contribution is 5.96. The van der Waals surface area contributed by atoms with Gasteiger partial charge in [0.15, 0.2) is 5.96 Å². The van der Waals surface area contributed by atoms with Gasteiger partial charge in [-0.25, -0.2) is 0 Å². The summed E-state index contributed by atoms with van der Waals surface area (Å²) in [5.74, 6) is 1.64. The summed E-state index contributed by atoms with van der Waals surface area (Å²) < 4.78 is 6.63. The second-order valence-corrected chi connectivity index (χ2v) is 12.4. The van der Waals surface area contributed by atoms with E-state index in [1.54, 1.807) is 7.11 Å². The molecule has 0 bridgehead atoms. The monoisotopic (exact) mass is 562 g/mol. The predicted octanol–water partition coefficient (Wildman–Crippen LogP) is 3.59. The average molecular weight is 563 g/mol. The molecule has 4 unspecified atom stereocenters. The molecule has 9 heteroatoms. The molecule has 1 amide bonds. The highest BCUT2D eigenvalue weighted by Crippen LogP contribution is 2.34. The van der Waals surface area contributed by atoms with Crippen LogP contribution in [0.4, 0.5) is 5.69 Å². The van der Waals surface area contributed by atoms with Crippen molar-refractivity contribution in [1.82, 2.24) is 20.4 Å². The summed E-state index contributed by atoms with van der Waals surface area (Å²) in [5.41, 5.74) is 3.74. The van der Waals surface area contributed by atoms with E-state index in [4.69, 9.17) is 9.73 Å². The maximum absolute atomic E-state index is 13.3. The maximum Gasteiger partial charge on any atom is 0.232 e. The molecule has 4 aliphatic rings. The first-order valence-electron chi connectivity index (χ1n) is 15.1. The van der Waals surface area contributed by atoms with E-state index in [0.717, 1.165) is 78.2 Å². The van der Waals surface area contributed by atoms with Crippen LogP contribution in [0, 0.1) is 5.92 Å². The van der Waals surface area contributed by atoms with Crippen LogP contribution in [-0.2, 0) is 4.79 Å². The smallest absolute Gasteiger partial charge is 0.232 e. The quantitative estimate of drug-likeness (QED) is 0.363. The van der Waals surface area contributed by atoms with Gasteiger partial charge < -0.3 is 35.0 Å². The number of aliphatic imine (C=N–C) groups is 1. The lowest BCUT2D eigenvalue weighted by molar-refractivity contribution is -0.950. The molecule has 1 aliphatic carbocycles. The summed E-state index contributed by atoms with van der Waals surface area (Å²) in [6.07, 6.45) is 11.6. The van der Waals surface area contributed by atoms with Crippen LogP contribution in [0.1, 0.15) is 44.6 Å². The number of nitrogens with one attached hydrogen (secondary N) is 3. The van der Waals surface area contributed by atoms with E-state index in [9.17, 15) is 4.79 Å². The van der Waals surface area contributed by atoms with Crippen molar-refractivity contribution >= 4 is 23.3 Å². The van der Waals surface area contributed by atoms with Gasteiger partial charge in [0, 0.05) is 42.7 Å². The van der Waals surface area contributed by atoms with Crippen LogP contribution in [0.2, 0.25) is 0 Å². The van der Waals surface area contributed by atoms with Gasteiger partial charge in [-0.2, -0.15) is 0 Å². The number of likely N-dealkylation sites (N-methyl/N-ethyl adjacent to an activating group) is 1. The van der Waals surface area contributed by atoms with Crippen molar-refractivity contribution in [2.45, 2.75) is 57.2 Å². The Morgan fingerprint density at radius 2 is 2.00 bits per heavy atom. The number of ether oxygens (including phenoxy) is 1. The van der Waals surface area contributed by atoms with Gasteiger partial charge >= 0.3 is 0 Å². The molecule has 3 heterocycles. The lowest BCUT2D eigenvalue weighted by Gasteiger charge is -2.48. The number of guanidine groups is 1. The van der Waals surface area contributed by atoms with Gasteiger partial charge in [0.05, 0.1) is 51.3 Å². The molecule has 0 saturated carbocycles. The highest BCUT2D eigenvalue weighted by atomic mass is 16.5. The van der Waals surface area contributed by atoms with Crippen LogP contribution in [0.3, 0.4) is 0 Å². The zero-order chi connectivity index (χ0) is 29.1. The van der Waals surface area contributed by atoms with Gasteiger partial charge in [-0.05, 0) is 64.5 Å². The summed E-state index contributed by atoms with van der Waals surface area (Å²) in [4.78, 5) is 22.4. The van der Waals surface area contributed by atoms with Crippen molar-refractivity contribution in [2.24, 2.45) is 10.9 Å². The maximum atomic E-state index is 13.3. The SMILES string of the molecule is C=C(NC1CCN(C)CC1)c1ccc(NC2=NCC3C[N+](C)(C4C=CCC4)C(C)CC(=O)N(C)C3=CN2)c(OC)c1. The van der Waals surface area contributed by atoms with Crippen molar-refractivity contribution in [1.29, 1.82) is 0 Å². The molecule has 222 valence electrons. The first-order chi connectivity index (χ1) is 19.7. The van der Waals surface area contributed by atoms with Crippen molar-refractivity contribution in [3.63, 3.8) is 0 Å². The van der Waals surface area contributed by atoms with Crippen LogP contribution in [0.5, 0.6) is 5.75 Å². The second kappa shape index (κ2) is 12.3. The Hall–Kier alpha value is -3.30. The highest BCUT2D eigenvalue weighted by Gasteiger charge is 2.44.